The first-order chi connectivity index (χ1) is 8.47. The lowest BCUT2D eigenvalue weighted by Gasteiger charge is -2.11. The third-order valence-corrected chi connectivity index (χ3v) is 2.06. The molecule has 0 aliphatic heterocycles. The molecule has 0 bridgehead atoms. The van der Waals surface area contributed by atoms with Crippen molar-refractivity contribution in [3.63, 3.8) is 0 Å². The molecular formula is C14H21NO3. The van der Waals surface area contributed by atoms with Gasteiger partial charge in [0.2, 0.25) is 5.91 Å². The van der Waals surface area contributed by atoms with E-state index in [1.165, 1.54) is 0 Å². The molecule has 18 heavy (non-hydrogen) atoms. The highest BCUT2D eigenvalue weighted by Crippen LogP contribution is 2.16. The quantitative estimate of drug-likeness (QED) is 0.845. The molecule has 0 aliphatic carbocycles. The van der Waals surface area contributed by atoms with Crippen LogP contribution in [0.25, 0.3) is 0 Å². The normalized spacial score (nSPS) is 10.8. The molecule has 0 unspecified atom stereocenters. The summed E-state index contributed by atoms with van der Waals surface area (Å²) in [7, 11) is 0. The van der Waals surface area contributed by atoms with Gasteiger partial charge in [0.15, 0.2) is 0 Å². The Morgan fingerprint density at radius 3 is 2.22 bits per heavy atom. The average Bonchev–Trinajstić information content (AvgIpc) is 2.28. The highest BCUT2D eigenvalue weighted by molar-refractivity contribution is 5.91. The predicted molar refractivity (Wildman–Crippen MR) is 71.9 cm³/mol. The fourth-order valence-corrected chi connectivity index (χ4v) is 1.33. The molecule has 0 heterocycles. The van der Waals surface area contributed by atoms with Gasteiger partial charge < -0.3 is 14.8 Å². The minimum atomic E-state index is -0.152. The lowest BCUT2D eigenvalue weighted by molar-refractivity contribution is -0.121. The summed E-state index contributed by atoms with van der Waals surface area (Å²) in [6, 6.07) is 7.29. The molecule has 0 saturated heterocycles. The van der Waals surface area contributed by atoms with Gasteiger partial charge >= 0.3 is 0 Å². The number of benzene rings is 1. The Labute approximate surface area is 108 Å². The topological polar surface area (TPSA) is 47.6 Å². The maximum atomic E-state index is 11.5. The minimum absolute atomic E-state index is 0.0533. The van der Waals surface area contributed by atoms with Crippen molar-refractivity contribution in [1.29, 1.82) is 0 Å². The number of ether oxygens (including phenoxy) is 2. The molecule has 1 amide bonds. The van der Waals surface area contributed by atoms with Crippen molar-refractivity contribution in [1.82, 2.24) is 0 Å². The third kappa shape index (κ3) is 5.68. The Morgan fingerprint density at radius 1 is 1.11 bits per heavy atom. The van der Waals surface area contributed by atoms with Gasteiger partial charge in [0, 0.05) is 5.69 Å². The first kappa shape index (κ1) is 14.5. The van der Waals surface area contributed by atoms with Crippen LogP contribution in [-0.4, -0.2) is 24.7 Å². The standard InChI is InChI=1S/C14H21NO3/c1-10(2)17-9-14(16)15-12-5-7-13(8-6-12)18-11(3)4/h5-8,10-11H,9H2,1-4H3,(H,15,16). The van der Waals surface area contributed by atoms with Crippen molar-refractivity contribution < 1.29 is 14.3 Å². The molecule has 0 radical (unpaired) electrons. The Balaban J connectivity index is 2.45. The van der Waals surface area contributed by atoms with Crippen molar-refractivity contribution in [2.45, 2.75) is 39.9 Å². The number of hydrogen-bond acceptors (Lipinski definition) is 3. The second kappa shape index (κ2) is 7.01. The molecule has 0 aliphatic rings. The number of carbonyl (C=O) groups excluding carboxylic acids is 1. The van der Waals surface area contributed by atoms with Crippen molar-refractivity contribution in [2.75, 3.05) is 11.9 Å². The van der Waals surface area contributed by atoms with Gasteiger partial charge in [0.05, 0.1) is 12.2 Å². The lowest BCUT2D eigenvalue weighted by atomic mass is 10.3. The summed E-state index contributed by atoms with van der Waals surface area (Å²) in [5.41, 5.74) is 0.739. The Kier molecular flexibility index (Phi) is 5.65. The molecule has 1 aromatic rings. The number of nitrogens with one attached hydrogen (secondary N) is 1. The van der Waals surface area contributed by atoms with Crippen molar-refractivity contribution in [3.8, 4) is 5.75 Å². The van der Waals surface area contributed by atoms with E-state index in [4.69, 9.17) is 9.47 Å². The van der Waals surface area contributed by atoms with E-state index in [0.717, 1.165) is 11.4 Å². The molecule has 0 atom stereocenters. The molecule has 100 valence electrons. The SMILES string of the molecule is CC(C)OCC(=O)Nc1ccc(OC(C)C)cc1. The van der Waals surface area contributed by atoms with Crippen LogP contribution >= 0.6 is 0 Å². The predicted octanol–water partition coefficient (Wildman–Crippen LogP) is 2.84. The molecule has 4 heteroatoms. The fraction of sp³-hybridized carbons (Fsp3) is 0.500. The molecule has 1 aromatic carbocycles. The molecule has 0 spiro atoms. The van der Waals surface area contributed by atoms with E-state index in [1.807, 2.05) is 52.0 Å². The zero-order valence-electron chi connectivity index (χ0n) is 11.4. The fourth-order valence-electron chi connectivity index (χ4n) is 1.33. The summed E-state index contributed by atoms with van der Waals surface area (Å²) in [6.45, 7) is 7.80. The maximum absolute atomic E-state index is 11.5. The van der Waals surface area contributed by atoms with Gasteiger partial charge in [-0.05, 0) is 52.0 Å². The zero-order chi connectivity index (χ0) is 13.5. The minimum Gasteiger partial charge on any atom is -0.491 e. The molecule has 0 aromatic heterocycles. The van der Waals surface area contributed by atoms with Gasteiger partial charge in [-0.1, -0.05) is 0 Å². The largest absolute Gasteiger partial charge is 0.491 e. The summed E-state index contributed by atoms with van der Waals surface area (Å²) >= 11 is 0. The monoisotopic (exact) mass is 251 g/mol. The average molecular weight is 251 g/mol. The summed E-state index contributed by atoms with van der Waals surface area (Å²) < 4.78 is 10.7. The number of hydrogen-bond donors (Lipinski definition) is 1. The van der Waals surface area contributed by atoms with Crippen LogP contribution in [0, 0.1) is 0 Å². The van der Waals surface area contributed by atoms with Gasteiger partial charge in [-0.15, -0.1) is 0 Å². The molecule has 0 fully saturated rings. The van der Waals surface area contributed by atoms with E-state index in [1.54, 1.807) is 0 Å². The van der Waals surface area contributed by atoms with Gasteiger partial charge in [-0.25, -0.2) is 0 Å². The van der Waals surface area contributed by atoms with Crippen molar-refractivity contribution in [3.05, 3.63) is 24.3 Å². The van der Waals surface area contributed by atoms with Crippen LogP contribution in [0.3, 0.4) is 0 Å². The van der Waals surface area contributed by atoms with E-state index in [0.29, 0.717) is 0 Å². The molecule has 4 nitrogen and oxygen atoms in total. The van der Waals surface area contributed by atoms with Gasteiger partial charge in [0.1, 0.15) is 12.4 Å². The van der Waals surface area contributed by atoms with Gasteiger partial charge in [-0.3, -0.25) is 4.79 Å². The highest BCUT2D eigenvalue weighted by Gasteiger charge is 2.04. The summed E-state index contributed by atoms with van der Waals surface area (Å²) in [6.07, 6.45) is 0.197. The van der Waals surface area contributed by atoms with Gasteiger partial charge in [0.25, 0.3) is 0 Å². The Bertz CT molecular complexity index is 371. The van der Waals surface area contributed by atoms with Crippen LogP contribution < -0.4 is 10.1 Å². The van der Waals surface area contributed by atoms with Crippen LogP contribution in [0.5, 0.6) is 5.75 Å². The molecule has 1 rings (SSSR count). The van der Waals surface area contributed by atoms with Crippen molar-refractivity contribution >= 4 is 11.6 Å². The lowest BCUT2D eigenvalue weighted by Crippen LogP contribution is -2.20. The molecule has 1 N–H and O–H groups in total. The second-order valence-corrected chi connectivity index (χ2v) is 4.60. The summed E-state index contributed by atoms with van der Waals surface area (Å²) in [5, 5.41) is 2.76. The van der Waals surface area contributed by atoms with E-state index < -0.39 is 0 Å². The van der Waals surface area contributed by atoms with Crippen LogP contribution in [0.15, 0.2) is 24.3 Å². The highest BCUT2D eigenvalue weighted by atomic mass is 16.5. The van der Waals surface area contributed by atoms with Crippen LogP contribution in [0.1, 0.15) is 27.7 Å². The first-order valence-electron chi connectivity index (χ1n) is 6.15. The zero-order valence-corrected chi connectivity index (χ0v) is 11.4. The molecular weight excluding hydrogens is 230 g/mol. The number of carbonyl (C=O) groups is 1. The van der Waals surface area contributed by atoms with Crippen LogP contribution in [0.2, 0.25) is 0 Å². The van der Waals surface area contributed by atoms with Crippen LogP contribution in [0.4, 0.5) is 5.69 Å². The Morgan fingerprint density at radius 2 is 1.72 bits per heavy atom. The van der Waals surface area contributed by atoms with E-state index in [-0.39, 0.29) is 24.7 Å². The third-order valence-electron chi connectivity index (χ3n) is 2.06. The number of anilines is 1. The number of amides is 1. The summed E-state index contributed by atoms with van der Waals surface area (Å²) in [5.74, 6) is 0.641. The van der Waals surface area contributed by atoms with Gasteiger partial charge in [-0.2, -0.15) is 0 Å². The van der Waals surface area contributed by atoms with E-state index in [2.05, 4.69) is 5.32 Å². The Hall–Kier alpha value is -1.55. The maximum Gasteiger partial charge on any atom is 0.250 e. The van der Waals surface area contributed by atoms with Crippen LogP contribution in [-0.2, 0) is 9.53 Å². The van der Waals surface area contributed by atoms with E-state index >= 15 is 0 Å². The number of rotatable bonds is 6. The smallest absolute Gasteiger partial charge is 0.250 e. The van der Waals surface area contributed by atoms with E-state index in [9.17, 15) is 4.79 Å². The first-order valence-corrected chi connectivity index (χ1v) is 6.15. The second-order valence-electron chi connectivity index (χ2n) is 4.60. The summed E-state index contributed by atoms with van der Waals surface area (Å²) in [4.78, 5) is 11.5. The van der Waals surface area contributed by atoms with Crippen molar-refractivity contribution in [2.24, 2.45) is 0 Å². The molecule has 0 saturated carbocycles.